The molecule has 0 N–H and O–H groups in total. The van der Waals surface area contributed by atoms with E-state index in [4.69, 9.17) is 4.74 Å². The molecule has 1 unspecified atom stereocenters. The molecule has 3 heterocycles. The molecule has 8 nitrogen and oxygen atoms in total. The Bertz CT molecular complexity index is 676. The summed E-state index contributed by atoms with van der Waals surface area (Å²) >= 11 is 0. The lowest BCUT2D eigenvalue weighted by Gasteiger charge is -2.26. The van der Waals surface area contributed by atoms with Crippen LogP contribution < -0.4 is 19.4 Å². The van der Waals surface area contributed by atoms with Crippen LogP contribution in [0.3, 0.4) is 0 Å². The molecule has 1 aliphatic rings. The second-order valence-electron chi connectivity index (χ2n) is 6.05. The smallest absolute Gasteiger partial charge is 0.225 e. The molecule has 1 fully saturated rings. The molecule has 128 valence electrons. The molecule has 0 bridgehead atoms. The van der Waals surface area contributed by atoms with Gasteiger partial charge in [-0.25, -0.2) is 19.9 Å². The Morgan fingerprint density at radius 2 is 1.79 bits per heavy atom. The van der Waals surface area contributed by atoms with Gasteiger partial charge in [0.25, 0.3) is 0 Å². The van der Waals surface area contributed by atoms with Crippen LogP contribution in [0.5, 0.6) is 5.75 Å². The molecule has 0 aliphatic carbocycles. The zero-order valence-corrected chi connectivity index (χ0v) is 14.5. The lowest BCUT2D eigenvalue weighted by molar-refractivity contribution is 0.410. The Kier molecular flexibility index (Phi) is 4.64. The van der Waals surface area contributed by atoms with Crippen molar-refractivity contribution in [2.24, 2.45) is 0 Å². The molecule has 2 aromatic rings. The summed E-state index contributed by atoms with van der Waals surface area (Å²) in [6, 6.07) is 2.37. The third-order valence-electron chi connectivity index (χ3n) is 4.30. The second-order valence-corrected chi connectivity index (χ2v) is 6.05. The van der Waals surface area contributed by atoms with Crippen LogP contribution in [0.1, 0.15) is 6.42 Å². The standard InChI is InChI=1S/C16H23N7O/c1-21(2)14-7-15(20-11-19-14)22(3)12-5-6-23(10-12)16-17-8-13(24-4)9-18-16/h7-9,11-12H,5-6,10H2,1-4H3. The molecule has 1 aliphatic heterocycles. The minimum Gasteiger partial charge on any atom is -0.494 e. The van der Waals surface area contributed by atoms with E-state index < -0.39 is 0 Å². The monoisotopic (exact) mass is 329 g/mol. The van der Waals surface area contributed by atoms with Crippen molar-refractivity contribution in [3.63, 3.8) is 0 Å². The maximum Gasteiger partial charge on any atom is 0.225 e. The fraction of sp³-hybridized carbons (Fsp3) is 0.500. The highest BCUT2D eigenvalue weighted by Gasteiger charge is 2.28. The number of methoxy groups -OCH3 is 1. The van der Waals surface area contributed by atoms with Gasteiger partial charge in [-0.05, 0) is 6.42 Å². The van der Waals surface area contributed by atoms with Gasteiger partial charge >= 0.3 is 0 Å². The van der Waals surface area contributed by atoms with Gasteiger partial charge in [0.15, 0.2) is 5.75 Å². The maximum atomic E-state index is 5.11. The van der Waals surface area contributed by atoms with Crippen molar-refractivity contribution in [3.05, 3.63) is 24.8 Å². The number of hydrogen-bond donors (Lipinski definition) is 0. The van der Waals surface area contributed by atoms with Crippen LogP contribution in [0.4, 0.5) is 17.6 Å². The Labute approximate surface area is 142 Å². The van der Waals surface area contributed by atoms with E-state index in [2.05, 4.69) is 36.8 Å². The summed E-state index contributed by atoms with van der Waals surface area (Å²) in [6.07, 6.45) is 6.05. The minimum absolute atomic E-state index is 0.362. The average Bonchev–Trinajstić information content (AvgIpc) is 3.11. The Morgan fingerprint density at radius 3 is 2.46 bits per heavy atom. The summed E-state index contributed by atoms with van der Waals surface area (Å²) in [7, 11) is 7.64. The van der Waals surface area contributed by atoms with Crippen LogP contribution in [-0.2, 0) is 0 Å². The Balaban J connectivity index is 1.69. The van der Waals surface area contributed by atoms with Crippen molar-refractivity contribution in [3.8, 4) is 5.75 Å². The van der Waals surface area contributed by atoms with Gasteiger partial charge in [0.05, 0.1) is 19.5 Å². The second kappa shape index (κ2) is 6.86. The average molecular weight is 329 g/mol. The number of hydrogen-bond acceptors (Lipinski definition) is 8. The van der Waals surface area contributed by atoms with Crippen molar-refractivity contribution >= 4 is 17.6 Å². The van der Waals surface area contributed by atoms with Crippen LogP contribution in [0.2, 0.25) is 0 Å². The van der Waals surface area contributed by atoms with E-state index in [1.54, 1.807) is 25.8 Å². The van der Waals surface area contributed by atoms with Crippen LogP contribution in [0, 0.1) is 0 Å². The zero-order valence-electron chi connectivity index (χ0n) is 14.5. The fourth-order valence-corrected chi connectivity index (χ4v) is 2.78. The molecular formula is C16H23N7O. The van der Waals surface area contributed by atoms with E-state index in [9.17, 15) is 0 Å². The van der Waals surface area contributed by atoms with Gasteiger partial charge in [0, 0.05) is 46.3 Å². The highest BCUT2D eigenvalue weighted by atomic mass is 16.5. The van der Waals surface area contributed by atoms with E-state index >= 15 is 0 Å². The van der Waals surface area contributed by atoms with Gasteiger partial charge < -0.3 is 19.4 Å². The summed E-state index contributed by atoms with van der Waals surface area (Å²) in [5, 5.41) is 0. The summed E-state index contributed by atoms with van der Waals surface area (Å²) in [6.45, 7) is 1.79. The number of aromatic nitrogens is 4. The molecule has 2 aromatic heterocycles. The lowest BCUT2D eigenvalue weighted by Crippen LogP contribution is -2.35. The predicted molar refractivity (Wildman–Crippen MR) is 94.0 cm³/mol. The summed E-state index contributed by atoms with van der Waals surface area (Å²) < 4.78 is 5.11. The molecule has 3 rings (SSSR count). The minimum atomic E-state index is 0.362. The first-order chi connectivity index (χ1) is 11.6. The number of anilines is 3. The Morgan fingerprint density at radius 1 is 1.08 bits per heavy atom. The third kappa shape index (κ3) is 3.32. The highest BCUT2D eigenvalue weighted by Crippen LogP contribution is 2.24. The van der Waals surface area contributed by atoms with Gasteiger partial charge in [-0.3, -0.25) is 0 Å². The van der Waals surface area contributed by atoms with Gasteiger partial charge in [-0.15, -0.1) is 0 Å². The predicted octanol–water partition coefficient (Wildman–Crippen LogP) is 1.06. The van der Waals surface area contributed by atoms with E-state index in [1.807, 2.05) is 25.1 Å². The van der Waals surface area contributed by atoms with E-state index in [-0.39, 0.29) is 0 Å². The molecule has 1 atom stereocenters. The van der Waals surface area contributed by atoms with E-state index in [1.165, 1.54) is 0 Å². The van der Waals surface area contributed by atoms with Crippen molar-refractivity contribution in [2.45, 2.75) is 12.5 Å². The molecule has 8 heteroatoms. The number of ether oxygens (including phenoxy) is 1. The third-order valence-corrected chi connectivity index (χ3v) is 4.30. The summed E-state index contributed by atoms with van der Waals surface area (Å²) in [4.78, 5) is 23.8. The molecule has 24 heavy (non-hydrogen) atoms. The number of likely N-dealkylation sites (N-methyl/N-ethyl adjacent to an activating group) is 1. The van der Waals surface area contributed by atoms with Crippen molar-refractivity contribution in [1.82, 2.24) is 19.9 Å². The molecule has 0 saturated carbocycles. The van der Waals surface area contributed by atoms with Gasteiger partial charge in [0.2, 0.25) is 5.95 Å². The van der Waals surface area contributed by atoms with Crippen LogP contribution in [-0.4, -0.2) is 67.3 Å². The molecule has 1 saturated heterocycles. The number of rotatable bonds is 5. The van der Waals surface area contributed by atoms with E-state index in [0.717, 1.165) is 37.1 Å². The van der Waals surface area contributed by atoms with Crippen LogP contribution in [0.25, 0.3) is 0 Å². The first-order valence-electron chi connectivity index (χ1n) is 7.91. The van der Waals surface area contributed by atoms with Crippen LogP contribution in [0.15, 0.2) is 24.8 Å². The molecule has 0 radical (unpaired) electrons. The van der Waals surface area contributed by atoms with Crippen molar-refractivity contribution < 1.29 is 4.74 Å². The van der Waals surface area contributed by atoms with E-state index in [0.29, 0.717) is 11.8 Å². The quantitative estimate of drug-likeness (QED) is 0.806. The normalized spacial score (nSPS) is 17.0. The fourth-order valence-electron chi connectivity index (χ4n) is 2.78. The molecule has 0 aromatic carbocycles. The maximum absolute atomic E-state index is 5.11. The van der Waals surface area contributed by atoms with Gasteiger partial charge in [0.1, 0.15) is 18.0 Å². The number of nitrogens with zero attached hydrogens (tertiary/aromatic N) is 7. The zero-order chi connectivity index (χ0) is 17.1. The van der Waals surface area contributed by atoms with Crippen LogP contribution >= 0.6 is 0 Å². The largest absolute Gasteiger partial charge is 0.494 e. The first kappa shape index (κ1) is 16.2. The molecule has 0 spiro atoms. The summed E-state index contributed by atoms with van der Waals surface area (Å²) in [5.74, 6) is 3.24. The SMILES string of the molecule is COc1cnc(N2CCC(N(C)c3cc(N(C)C)ncn3)C2)nc1. The topological polar surface area (TPSA) is 70.5 Å². The lowest BCUT2D eigenvalue weighted by atomic mass is 10.2. The van der Waals surface area contributed by atoms with Crippen molar-refractivity contribution in [1.29, 1.82) is 0 Å². The molecule has 0 amide bonds. The first-order valence-corrected chi connectivity index (χ1v) is 7.91. The van der Waals surface area contributed by atoms with Gasteiger partial charge in [-0.1, -0.05) is 0 Å². The summed E-state index contributed by atoms with van der Waals surface area (Å²) in [5.41, 5.74) is 0. The molecular weight excluding hydrogens is 306 g/mol. The van der Waals surface area contributed by atoms with Gasteiger partial charge in [-0.2, -0.15) is 0 Å². The van der Waals surface area contributed by atoms with Crippen molar-refractivity contribution in [2.75, 3.05) is 56.0 Å². The Hall–Kier alpha value is -2.64. The highest BCUT2D eigenvalue weighted by molar-refractivity contribution is 5.50.